The number of aryl methyl sites for hydroxylation is 1. The number of nitrogens with one attached hydrogen (secondary N) is 2. The van der Waals surface area contributed by atoms with Crippen molar-refractivity contribution < 1.29 is 4.74 Å². The number of rotatable bonds is 9. The predicted octanol–water partition coefficient (Wildman–Crippen LogP) is 4.18. The van der Waals surface area contributed by atoms with Crippen LogP contribution in [0.25, 0.3) is 0 Å². The third-order valence-electron chi connectivity index (χ3n) is 5.13. The van der Waals surface area contributed by atoms with Crippen molar-refractivity contribution in [2.24, 2.45) is 12.0 Å². The van der Waals surface area contributed by atoms with Crippen molar-refractivity contribution in [3.8, 4) is 5.75 Å². The van der Waals surface area contributed by atoms with Gasteiger partial charge in [-0.15, -0.1) is 34.2 Å². The number of ether oxygens (including phenoxy) is 1. The molecular formula is C24H33IN6O. The molecule has 3 rings (SSSR count). The lowest BCUT2D eigenvalue weighted by molar-refractivity contribution is 0.340. The maximum atomic E-state index is 5.60. The van der Waals surface area contributed by atoms with E-state index in [0.29, 0.717) is 13.2 Å². The highest BCUT2D eigenvalue weighted by Crippen LogP contribution is 2.14. The zero-order valence-corrected chi connectivity index (χ0v) is 21.5. The molecule has 1 aromatic heterocycles. The number of hydrogen-bond donors (Lipinski definition) is 2. The molecule has 32 heavy (non-hydrogen) atoms. The fourth-order valence-electron chi connectivity index (χ4n) is 3.20. The Bertz CT molecular complexity index is 989. The standard InChI is InChI=1S/C24H32N6O.HI/c1-5-31-22-13-9-10-20(16-22)14-15-25-24(26-17-23-29-28-19(3)30(23)4)27-18(2)21-11-7-6-8-12-21;/h6-13,16,18H,5,14-15,17H2,1-4H3,(H2,25,26,27);1H. The van der Waals surface area contributed by atoms with E-state index in [2.05, 4.69) is 52.0 Å². The molecule has 0 aliphatic heterocycles. The molecule has 3 aromatic rings. The van der Waals surface area contributed by atoms with Gasteiger partial charge in [0.15, 0.2) is 11.8 Å². The average molecular weight is 548 g/mol. The smallest absolute Gasteiger partial charge is 0.192 e. The summed E-state index contributed by atoms with van der Waals surface area (Å²) < 4.78 is 7.56. The summed E-state index contributed by atoms with van der Waals surface area (Å²) in [5.74, 6) is 3.36. The Labute approximate surface area is 207 Å². The van der Waals surface area contributed by atoms with Gasteiger partial charge in [0, 0.05) is 13.6 Å². The first-order valence-electron chi connectivity index (χ1n) is 10.7. The van der Waals surface area contributed by atoms with Crippen LogP contribution in [0.15, 0.2) is 59.6 Å². The van der Waals surface area contributed by atoms with Crippen molar-refractivity contribution in [2.45, 2.75) is 39.8 Å². The Kier molecular flexibility index (Phi) is 10.5. The zero-order chi connectivity index (χ0) is 22.1. The van der Waals surface area contributed by atoms with Crippen LogP contribution >= 0.6 is 24.0 Å². The van der Waals surface area contributed by atoms with Gasteiger partial charge < -0.3 is 19.9 Å². The van der Waals surface area contributed by atoms with Gasteiger partial charge in [0.2, 0.25) is 0 Å². The number of hydrogen-bond acceptors (Lipinski definition) is 4. The maximum absolute atomic E-state index is 5.60. The molecule has 2 aromatic carbocycles. The monoisotopic (exact) mass is 548 g/mol. The second-order valence-corrected chi connectivity index (χ2v) is 7.42. The van der Waals surface area contributed by atoms with E-state index < -0.39 is 0 Å². The van der Waals surface area contributed by atoms with E-state index in [9.17, 15) is 0 Å². The molecule has 1 atom stereocenters. The van der Waals surface area contributed by atoms with Crippen LogP contribution < -0.4 is 15.4 Å². The highest BCUT2D eigenvalue weighted by atomic mass is 127. The van der Waals surface area contributed by atoms with E-state index in [4.69, 9.17) is 9.73 Å². The molecule has 0 radical (unpaired) electrons. The third kappa shape index (κ3) is 7.51. The maximum Gasteiger partial charge on any atom is 0.192 e. The lowest BCUT2D eigenvalue weighted by Crippen LogP contribution is -2.39. The van der Waals surface area contributed by atoms with Gasteiger partial charge in [-0.2, -0.15) is 0 Å². The number of aliphatic imine (C=N–C) groups is 1. The highest BCUT2D eigenvalue weighted by Gasteiger charge is 2.09. The first kappa shape index (κ1) is 25.6. The Morgan fingerprint density at radius 1 is 1.12 bits per heavy atom. The number of guanidine groups is 1. The van der Waals surface area contributed by atoms with Crippen LogP contribution in [-0.4, -0.2) is 33.9 Å². The minimum atomic E-state index is 0. The summed E-state index contributed by atoms with van der Waals surface area (Å²) in [5.41, 5.74) is 2.42. The van der Waals surface area contributed by atoms with Crippen LogP contribution in [0.1, 0.15) is 42.7 Å². The van der Waals surface area contributed by atoms with Crippen LogP contribution in [0.4, 0.5) is 0 Å². The summed E-state index contributed by atoms with van der Waals surface area (Å²) in [6.45, 7) is 7.93. The SMILES string of the molecule is CCOc1cccc(CCNC(=NCc2nnc(C)n2C)NC(C)c2ccccc2)c1.I. The normalized spacial score (nSPS) is 12.1. The van der Waals surface area contributed by atoms with Crippen LogP contribution in [-0.2, 0) is 20.0 Å². The molecule has 0 spiro atoms. The van der Waals surface area contributed by atoms with Gasteiger partial charge in [-0.25, -0.2) is 4.99 Å². The summed E-state index contributed by atoms with van der Waals surface area (Å²) in [5, 5.41) is 15.3. The molecule has 0 bridgehead atoms. The van der Waals surface area contributed by atoms with Gasteiger partial charge in [-0.05, 0) is 50.5 Å². The van der Waals surface area contributed by atoms with E-state index in [1.165, 1.54) is 11.1 Å². The van der Waals surface area contributed by atoms with Gasteiger partial charge >= 0.3 is 0 Å². The van der Waals surface area contributed by atoms with Crippen molar-refractivity contribution in [2.75, 3.05) is 13.2 Å². The average Bonchev–Trinajstić information content (AvgIpc) is 3.10. The summed E-state index contributed by atoms with van der Waals surface area (Å²) in [4.78, 5) is 4.76. The molecule has 0 aliphatic rings. The molecule has 1 heterocycles. The van der Waals surface area contributed by atoms with Crippen molar-refractivity contribution in [1.82, 2.24) is 25.4 Å². The summed E-state index contributed by atoms with van der Waals surface area (Å²) in [7, 11) is 1.96. The fraction of sp³-hybridized carbons (Fsp3) is 0.375. The van der Waals surface area contributed by atoms with Crippen LogP contribution in [0.3, 0.4) is 0 Å². The summed E-state index contributed by atoms with van der Waals surface area (Å²) in [6, 6.07) is 18.7. The molecule has 0 aliphatic carbocycles. The molecule has 7 nitrogen and oxygen atoms in total. The Morgan fingerprint density at radius 3 is 2.59 bits per heavy atom. The quantitative estimate of drug-likeness (QED) is 0.239. The number of nitrogens with zero attached hydrogens (tertiary/aromatic N) is 4. The summed E-state index contributed by atoms with van der Waals surface area (Å²) in [6.07, 6.45) is 0.865. The van der Waals surface area contributed by atoms with E-state index in [1.54, 1.807) is 0 Å². The van der Waals surface area contributed by atoms with Crippen LogP contribution in [0.2, 0.25) is 0 Å². The van der Waals surface area contributed by atoms with Crippen molar-refractivity contribution in [1.29, 1.82) is 0 Å². The fourth-order valence-corrected chi connectivity index (χ4v) is 3.20. The second kappa shape index (κ2) is 13.0. The van der Waals surface area contributed by atoms with Gasteiger partial charge in [-0.3, -0.25) is 0 Å². The molecule has 172 valence electrons. The first-order chi connectivity index (χ1) is 15.1. The molecule has 0 saturated heterocycles. The number of benzene rings is 2. The Hall–Kier alpha value is -2.62. The molecule has 1 unspecified atom stereocenters. The van der Waals surface area contributed by atoms with Gasteiger partial charge in [0.1, 0.15) is 18.1 Å². The van der Waals surface area contributed by atoms with E-state index in [-0.39, 0.29) is 30.0 Å². The molecule has 0 amide bonds. The van der Waals surface area contributed by atoms with Crippen molar-refractivity contribution in [3.05, 3.63) is 77.4 Å². The van der Waals surface area contributed by atoms with Crippen molar-refractivity contribution in [3.63, 3.8) is 0 Å². The van der Waals surface area contributed by atoms with E-state index in [0.717, 1.165) is 36.3 Å². The third-order valence-corrected chi connectivity index (χ3v) is 5.13. The largest absolute Gasteiger partial charge is 0.494 e. The predicted molar refractivity (Wildman–Crippen MR) is 140 cm³/mol. The molecule has 0 saturated carbocycles. The first-order valence-corrected chi connectivity index (χ1v) is 10.7. The molecule has 2 N–H and O–H groups in total. The van der Waals surface area contributed by atoms with Gasteiger partial charge in [0.25, 0.3) is 0 Å². The number of halogens is 1. The Balaban J connectivity index is 0.00000363. The van der Waals surface area contributed by atoms with E-state index in [1.807, 2.05) is 55.8 Å². The van der Waals surface area contributed by atoms with Crippen LogP contribution in [0.5, 0.6) is 5.75 Å². The van der Waals surface area contributed by atoms with Gasteiger partial charge in [0.05, 0.1) is 12.6 Å². The van der Waals surface area contributed by atoms with Crippen molar-refractivity contribution >= 4 is 29.9 Å². The molecular weight excluding hydrogens is 515 g/mol. The van der Waals surface area contributed by atoms with E-state index >= 15 is 0 Å². The zero-order valence-electron chi connectivity index (χ0n) is 19.2. The summed E-state index contributed by atoms with van der Waals surface area (Å²) >= 11 is 0. The lowest BCUT2D eigenvalue weighted by Gasteiger charge is -2.19. The minimum absolute atomic E-state index is 0. The minimum Gasteiger partial charge on any atom is -0.494 e. The van der Waals surface area contributed by atoms with Gasteiger partial charge in [-0.1, -0.05) is 42.5 Å². The highest BCUT2D eigenvalue weighted by molar-refractivity contribution is 14.0. The Morgan fingerprint density at radius 2 is 1.91 bits per heavy atom. The molecule has 8 heteroatoms. The lowest BCUT2D eigenvalue weighted by atomic mass is 10.1. The molecule has 0 fully saturated rings. The second-order valence-electron chi connectivity index (χ2n) is 7.42. The topological polar surface area (TPSA) is 76.4 Å². The number of aromatic nitrogens is 3. The van der Waals surface area contributed by atoms with Crippen LogP contribution in [0, 0.1) is 6.92 Å².